The molecule has 0 saturated carbocycles. The average Bonchev–Trinajstić information content (AvgIpc) is 2.48. The number of hydrogen-bond acceptors (Lipinski definition) is 4. The van der Waals surface area contributed by atoms with Crippen molar-refractivity contribution in [2.45, 2.75) is 44.9 Å². The van der Waals surface area contributed by atoms with Crippen LogP contribution < -0.4 is 10.5 Å². The molecule has 1 fully saturated rings. The molecular weight excluding hydrogens is 264 g/mol. The molecule has 0 aliphatic carbocycles. The molecule has 2 N–H and O–H groups in total. The highest BCUT2D eigenvalue weighted by Gasteiger charge is 2.31. The molecule has 0 bridgehead atoms. The van der Waals surface area contributed by atoms with Crippen molar-refractivity contribution < 1.29 is 9.47 Å². The molecule has 3 unspecified atom stereocenters. The van der Waals surface area contributed by atoms with Crippen LogP contribution in [-0.2, 0) is 4.74 Å². The second-order valence-electron chi connectivity index (χ2n) is 5.76. The Labute approximate surface area is 128 Å². The summed E-state index contributed by atoms with van der Waals surface area (Å²) in [5, 5.41) is 0. The Morgan fingerprint density at radius 1 is 1.38 bits per heavy atom. The number of benzene rings is 1. The second kappa shape index (κ2) is 7.78. The SMILES string of the molecule is CCOC1CCCN(C(c2ccccc2OC)C(C)N)C1. The van der Waals surface area contributed by atoms with Crippen LogP contribution in [0.3, 0.4) is 0 Å². The van der Waals surface area contributed by atoms with Gasteiger partial charge in [0.05, 0.1) is 19.3 Å². The molecule has 0 radical (unpaired) electrons. The van der Waals surface area contributed by atoms with Gasteiger partial charge in [-0.3, -0.25) is 4.90 Å². The number of rotatable bonds is 6. The molecule has 21 heavy (non-hydrogen) atoms. The largest absolute Gasteiger partial charge is 0.496 e. The Kier molecular flexibility index (Phi) is 6.03. The Morgan fingerprint density at radius 2 is 2.14 bits per heavy atom. The van der Waals surface area contributed by atoms with E-state index < -0.39 is 0 Å². The summed E-state index contributed by atoms with van der Waals surface area (Å²) in [5.74, 6) is 0.915. The van der Waals surface area contributed by atoms with Gasteiger partial charge in [0.2, 0.25) is 0 Å². The van der Waals surface area contributed by atoms with Gasteiger partial charge in [0.25, 0.3) is 0 Å². The third-order valence-electron chi connectivity index (χ3n) is 4.16. The van der Waals surface area contributed by atoms with E-state index in [4.69, 9.17) is 15.2 Å². The quantitative estimate of drug-likeness (QED) is 0.875. The zero-order valence-corrected chi connectivity index (χ0v) is 13.4. The minimum atomic E-state index is 0.0432. The normalized spacial score (nSPS) is 22.8. The lowest BCUT2D eigenvalue weighted by Crippen LogP contribution is -2.47. The first kappa shape index (κ1) is 16.3. The summed E-state index contributed by atoms with van der Waals surface area (Å²) in [6.45, 7) is 6.91. The number of likely N-dealkylation sites (tertiary alicyclic amines) is 1. The Morgan fingerprint density at radius 3 is 2.81 bits per heavy atom. The van der Waals surface area contributed by atoms with Gasteiger partial charge < -0.3 is 15.2 Å². The van der Waals surface area contributed by atoms with Crippen LogP contribution in [0.15, 0.2) is 24.3 Å². The van der Waals surface area contributed by atoms with Crippen molar-refractivity contribution in [1.29, 1.82) is 0 Å². The number of hydrogen-bond donors (Lipinski definition) is 1. The Balaban J connectivity index is 2.22. The van der Waals surface area contributed by atoms with E-state index in [2.05, 4.69) is 30.9 Å². The van der Waals surface area contributed by atoms with Gasteiger partial charge >= 0.3 is 0 Å². The molecule has 1 aliphatic heterocycles. The number of ether oxygens (including phenoxy) is 2. The summed E-state index contributed by atoms with van der Waals surface area (Å²) in [5.41, 5.74) is 7.48. The van der Waals surface area contributed by atoms with Gasteiger partial charge in [0.1, 0.15) is 5.75 Å². The highest BCUT2D eigenvalue weighted by atomic mass is 16.5. The Bertz CT molecular complexity index is 435. The zero-order valence-electron chi connectivity index (χ0n) is 13.4. The van der Waals surface area contributed by atoms with E-state index in [0.29, 0.717) is 6.10 Å². The van der Waals surface area contributed by atoms with E-state index in [1.165, 1.54) is 5.56 Å². The van der Waals surface area contributed by atoms with Crippen LogP contribution >= 0.6 is 0 Å². The van der Waals surface area contributed by atoms with Crippen LogP contribution in [0, 0.1) is 0 Å². The van der Waals surface area contributed by atoms with Crippen LogP contribution in [0.5, 0.6) is 5.75 Å². The maximum atomic E-state index is 6.30. The molecule has 4 nitrogen and oxygen atoms in total. The van der Waals surface area contributed by atoms with E-state index in [-0.39, 0.29) is 12.1 Å². The summed E-state index contributed by atoms with van der Waals surface area (Å²) in [4.78, 5) is 2.45. The summed E-state index contributed by atoms with van der Waals surface area (Å²) in [7, 11) is 1.72. The van der Waals surface area contributed by atoms with Crippen molar-refractivity contribution in [3.8, 4) is 5.75 Å². The summed E-state index contributed by atoms with van der Waals surface area (Å²) >= 11 is 0. The first-order valence-electron chi connectivity index (χ1n) is 7.91. The van der Waals surface area contributed by atoms with Crippen molar-refractivity contribution in [2.75, 3.05) is 26.8 Å². The van der Waals surface area contributed by atoms with E-state index >= 15 is 0 Å². The second-order valence-corrected chi connectivity index (χ2v) is 5.76. The molecular formula is C17H28N2O2. The van der Waals surface area contributed by atoms with E-state index in [1.807, 2.05) is 12.1 Å². The number of para-hydroxylation sites is 1. The highest BCUT2D eigenvalue weighted by molar-refractivity contribution is 5.36. The zero-order chi connectivity index (χ0) is 15.2. The maximum absolute atomic E-state index is 6.30. The van der Waals surface area contributed by atoms with Gasteiger partial charge in [0, 0.05) is 24.8 Å². The Hall–Kier alpha value is -1.10. The van der Waals surface area contributed by atoms with Gasteiger partial charge in [-0.1, -0.05) is 18.2 Å². The van der Waals surface area contributed by atoms with Gasteiger partial charge in [0.15, 0.2) is 0 Å². The first-order chi connectivity index (χ1) is 10.2. The number of piperidine rings is 1. The molecule has 1 saturated heterocycles. The fourth-order valence-corrected chi connectivity index (χ4v) is 3.31. The van der Waals surface area contributed by atoms with Crippen molar-refractivity contribution in [1.82, 2.24) is 4.90 Å². The predicted molar refractivity (Wildman–Crippen MR) is 85.6 cm³/mol. The molecule has 0 spiro atoms. The topological polar surface area (TPSA) is 47.7 Å². The minimum Gasteiger partial charge on any atom is -0.496 e. The van der Waals surface area contributed by atoms with Gasteiger partial charge in [-0.05, 0) is 39.3 Å². The molecule has 2 rings (SSSR count). The van der Waals surface area contributed by atoms with Crippen LogP contribution in [0.1, 0.15) is 38.3 Å². The van der Waals surface area contributed by atoms with Crippen molar-refractivity contribution in [3.05, 3.63) is 29.8 Å². The molecule has 1 aromatic carbocycles. The molecule has 1 aromatic rings. The van der Waals surface area contributed by atoms with Crippen molar-refractivity contribution in [3.63, 3.8) is 0 Å². The summed E-state index contributed by atoms with van der Waals surface area (Å²) in [6, 6.07) is 8.40. The number of methoxy groups -OCH3 is 1. The number of nitrogens with zero attached hydrogens (tertiary/aromatic N) is 1. The van der Waals surface area contributed by atoms with Crippen molar-refractivity contribution in [2.24, 2.45) is 5.73 Å². The fraction of sp³-hybridized carbons (Fsp3) is 0.647. The smallest absolute Gasteiger partial charge is 0.123 e. The molecule has 3 atom stereocenters. The first-order valence-corrected chi connectivity index (χ1v) is 7.91. The predicted octanol–water partition coefficient (Wildman–Crippen LogP) is 2.58. The monoisotopic (exact) mass is 292 g/mol. The summed E-state index contributed by atoms with van der Waals surface area (Å²) < 4.78 is 11.3. The van der Waals surface area contributed by atoms with E-state index in [1.54, 1.807) is 7.11 Å². The van der Waals surface area contributed by atoms with Crippen LogP contribution in [-0.4, -0.2) is 43.9 Å². The average molecular weight is 292 g/mol. The van der Waals surface area contributed by atoms with Crippen LogP contribution in [0.4, 0.5) is 0 Å². The summed E-state index contributed by atoms with van der Waals surface area (Å²) in [6.07, 6.45) is 2.62. The fourth-order valence-electron chi connectivity index (χ4n) is 3.31. The third kappa shape index (κ3) is 3.96. The van der Waals surface area contributed by atoms with Gasteiger partial charge in [-0.15, -0.1) is 0 Å². The lowest BCUT2D eigenvalue weighted by Gasteiger charge is -2.40. The third-order valence-corrected chi connectivity index (χ3v) is 4.16. The van der Waals surface area contributed by atoms with E-state index in [9.17, 15) is 0 Å². The van der Waals surface area contributed by atoms with E-state index in [0.717, 1.165) is 38.3 Å². The highest BCUT2D eigenvalue weighted by Crippen LogP contribution is 2.33. The lowest BCUT2D eigenvalue weighted by molar-refractivity contribution is -0.0109. The standard InChI is InChI=1S/C17H28N2O2/c1-4-21-14-8-7-11-19(12-14)17(13(2)18)15-9-5-6-10-16(15)20-3/h5-6,9-10,13-14,17H,4,7-8,11-12,18H2,1-3H3. The maximum Gasteiger partial charge on any atom is 0.123 e. The molecule has 0 amide bonds. The van der Waals surface area contributed by atoms with Crippen LogP contribution in [0.25, 0.3) is 0 Å². The molecule has 0 aromatic heterocycles. The lowest BCUT2D eigenvalue weighted by atomic mass is 9.95. The number of nitrogens with two attached hydrogens (primary N) is 1. The minimum absolute atomic E-state index is 0.0432. The van der Waals surface area contributed by atoms with Gasteiger partial charge in [-0.25, -0.2) is 0 Å². The van der Waals surface area contributed by atoms with Crippen molar-refractivity contribution >= 4 is 0 Å². The molecule has 1 heterocycles. The molecule has 4 heteroatoms. The molecule has 118 valence electrons. The van der Waals surface area contributed by atoms with Crippen LogP contribution in [0.2, 0.25) is 0 Å². The molecule has 1 aliphatic rings. The van der Waals surface area contributed by atoms with Gasteiger partial charge in [-0.2, -0.15) is 0 Å².